The topological polar surface area (TPSA) is 59.4 Å². The van der Waals surface area contributed by atoms with Gasteiger partial charge in [-0.15, -0.1) is 0 Å². The first-order chi connectivity index (χ1) is 9.69. The van der Waals surface area contributed by atoms with Gasteiger partial charge in [-0.2, -0.15) is 13.2 Å². The Hall–Kier alpha value is -2.31. The Bertz CT molecular complexity index is 711. The highest BCUT2D eigenvalue weighted by atomic mass is 19.4. The molecule has 0 atom stereocenters. The highest BCUT2D eigenvalue weighted by molar-refractivity contribution is 6.09. The SMILES string of the molecule is CC(=O)c1c(O)c(C)nc2ccc(OCC(F)(F)F)cc12. The number of aromatic nitrogens is 1. The van der Waals surface area contributed by atoms with E-state index in [1.807, 2.05) is 0 Å². The summed E-state index contributed by atoms with van der Waals surface area (Å²) in [5.74, 6) is -0.730. The molecule has 0 fully saturated rings. The second-order valence-corrected chi connectivity index (χ2v) is 4.56. The highest BCUT2D eigenvalue weighted by Gasteiger charge is 2.28. The molecular formula is C14H12F3NO3. The first-order valence-corrected chi connectivity index (χ1v) is 6.03. The van der Waals surface area contributed by atoms with Crippen LogP contribution in [0.25, 0.3) is 10.9 Å². The van der Waals surface area contributed by atoms with Crippen LogP contribution in [0.1, 0.15) is 23.0 Å². The number of rotatable bonds is 3. The van der Waals surface area contributed by atoms with Crippen molar-refractivity contribution in [3.63, 3.8) is 0 Å². The van der Waals surface area contributed by atoms with Gasteiger partial charge < -0.3 is 9.84 Å². The van der Waals surface area contributed by atoms with E-state index in [-0.39, 0.29) is 28.1 Å². The number of aromatic hydroxyl groups is 1. The summed E-state index contributed by atoms with van der Waals surface area (Å²) in [6.07, 6.45) is -4.45. The third kappa shape index (κ3) is 3.24. The van der Waals surface area contributed by atoms with E-state index in [2.05, 4.69) is 9.72 Å². The number of benzene rings is 1. The summed E-state index contributed by atoms with van der Waals surface area (Å²) in [7, 11) is 0. The predicted octanol–water partition coefficient (Wildman–Crippen LogP) is 3.39. The normalized spacial score (nSPS) is 11.7. The molecule has 0 unspecified atom stereocenters. The van der Waals surface area contributed by atoms with E-state index in [9.17, 15) is 23.1 Å². The van der Waals surface area contributed by atoms with Crippen LogP contribution in [0.15, 0.2) is 18.2 Å². The maximum absolute atomic E-state index is 12.1. The van der Waals surface area contributed by atoms with Gasteiger partial charge >= 0.3 is 6.18 Å². The van der Waals surface area contributed by atoms with E-state index in [1.54, 1.807) is 0 Å². The third-order valence-corrected chi connectivity index (χ3v) is 2.86. The van der Waals surface area contributed by atoms with Gasteiger partial charge in [0, 0.05) is 5.39 Å². The van der Waals surface area contributed by atoms with Gasteiger partial charge in [0.05, 0.1) is 16.8 Å². The third-order valence-electron chi connectivity index (χ3n) is 2.86. The minimum Gasteiger partial charge on any atom is -0.505 e. The Balaban J connectivity index is 2.53. The van der Waals surface area contributed by atoms with Gasteiger partial charge in [0.15, 0.2) is 12.4 Å². The van der Waals surface area contributed by atoms with Crippen molar-refractivity contribution in [3.8, 4) is 11.5 Å². The van der Waals surface area contributed by atoms with Gasteiger partial charge in [0.25, 0.3) is 0 Å². The molecule has 21 heavy (non-hydrogen) atoms. The zero-order chi connectivity index (χ0) is 15.8. The summed E-state index contributed by atoms with van der Waals surface area (Å²) >= 11 is 0. The van der Waals surface area contributed by atoms with Crippen LogP contribution in [0.2, 0.25) is 0 Å². The number of Topliss-reactive ketones (excluding diaryl/α,β-unsaturated/α-hetero) is 1. The Morgan fingerprint density at radius 1 is 1.38 bits per heavy atom. The van der Waals surface area contributed by atoms with Crippen LogP contribution in [-0.4, -0.2) is 28.7 Å². The number of hydrogen-bond donors (Lipinski definition) is 1. The fourth-order valence-corrected chi connectivity index (χ4v) is 1.97. The molecule has 1 aromatic heterocycles. The maximum atomic E-state index is 12.1. The molecule has 0 bridgehead atoms. The Morgan fingerprint density at radius 2 is 2.05 bits per heavy atom. The molecule has 0 saturated carbocycles. The van der Waals surface area contributed by atoms with Crippen LogP contribution in [-0.2, 0) is 0 Å². The molecule has 0 aliphatic carbocycles. The van der Waals surface area contributed by atoms with E-state index >= 15 is 0 Å². The smallest absolute Gasteiger partial charge is 0.422 e. The number of ether oxygens (including phenoxy) is 1. The van der Waals surface area contributed by atoms with Gasteiger partial charge in [-0.3, -0.25) is 4.79 Å². The average molecular weight is 299 g/mol. The molecular weight excluding hydrogens is 287 g/mol. The van der Waals surface area contributed by atoms with Gasteiger partial charge in [-0.1, -0.05) is 0 Å². The van der Waals surface area contributed by atoms with Gasteiger partial charge in [-0.25, -0.2) is 4.98 Å². The van der Waals surface area contributed by atoms with Crippen molar-refractivity contribution in [2.45, 2.75) is 20.0 Å². The summed E-state index contributed by atoms with van der Waals surface area (Å²) in [5.41, 5.74) is 0.696. The van der Waals surface area contributed by atoms with Crippen LogP contribution >= 0.6 is 0 Å². The number of hydrogen-bond acceptors (Lipinski definition) is 4. The Labute approximate surface area is 118 Å². The van der Waals surface area contributed by atoms with Crippen molar-refractivity contribution in [1.82, 2.24) is 4.98 Å². The van der Waals surface area contributed by atoms with Gasteiger partial charge in [0.2, 0.25) is 0 Å². The number of alkyl halides is 3. The minimum atomic E-state index is -4.45. The van der Waals surface area contributed by atoms with Crippen molar-refractivity contribution in [3.05, 3.63) is 29.5 Å². The van der Waals surface area contributed by atoms with E-state index in [0.717, 1.165) is 0 Å². The largest absolute Gasteiger partial charge is 0.505 e. The standard InChI is InChI=1S/C14H12F3NO3/c1-7-13(20)12(8(2)19)10-5-9(3-4-11(10)18-7)21-6-14(15,16)17/h3-5,20H,6H2,1-2H3. The van der Waals surface area contributed by atoms with Crippen molar-refractivity contribution in [2.24, 2.45) is 0 Å². The van der Waals surface area contributed by atoms with Crippen LogP contribution in [0, 0.1) is 6.92 Å². The molecule has 0 aliphatic heterocycles. The molecule has 1 N–H and O–H groups in total. The zero-order valence-electron chi connectivity index (χ0n) is 11.3. The first-order valence-electron chi connectivity index (χ1n) is 6.03. The molecule has 0 aliphatic rings. The van der Waals surface area contributed by atoms with E-state index in [4.69, 9.17) is 0 Å². The number of halogens is 3. The lowest BCUT2D eigenvalue weighted by atomic mass is 10.0. The monoisotopic (exact) mass is 299 g/mol. The number of aryl methyl sites for hydroxylation is 1. The molecule has 0 saturated heterocycles. The van der Waals surface area contributed by atoms with Crippen LogP contribution in [0.4, 0.5) is 13.2 Å². The molecule has 0 amide bonds. The van der Waals surface area contributed by atoms with Crippen LogP contribution in [0.3, 0.4) is 0 Å². The number of fused-ring (bicyclic) bond motifs is 1. The van der Waals surface area contributed by atoms with Crippen LogP contribution in [0.5, 0.6) is 11.5 Å². The van der Waals surface area contributed by atoms with Crippen LogP contribution < -0.4 is 4.74 Å². The lowest BCUT2D eigenvalue weighted by Crippen LogP contribution is -2.19. The summed E-state index contributed by atoms with van der Waals surface area (Å²) in [4.78, 5) is 15.7. The van der Waals surface area contributed by atoms with Crippen molar-refractivity contribution >= 4 is 16.7 Å². The molecule has 0 spiro atoms. The number of pyridine rings is 1. The number of nitrogens with zero attached hydrogens (tertiary/aromatic N) is 1. The summed E-state index contributed by atoms with van der Waals surface area (Å²) in [6.45, 7) is 1.37. The van der Waals surface area contributed by atoms with E-state index in [1.165, 1.54) is 32.0 Å². The fraction of sp³-hybridized carbons (Fsp3) is 0.286. The maximum Gasteiger partial charge on any atom is 0.422 e. The molecule has 1 aromatic carbocycles. The summed E-state index contributed by atoms with van der Waals surface area (Å²) in [5, 5.41) is 10.2. The molecule has 7 heteroatoms. The number of carbonyl (C=O) groups excluding carboxylic acids is 1. The molecule has 2 aromatic rings. The second kappa shape index (κ2) is 5.23. The average Bonchev–Trinajstić information content (AvgIpc) is 2.36. The molecule has 0 radical (unpaired) electrons. The Kier molecular flexibility index (Phi) is 3.76. The molecule has 112 valence electrons. The zero-order valence-corrected chi connectivity index (χ0v) is 11.3. The van der Waals surface area contributed by atoms with E-state index < -0.39 is 18.6 Å². The first kappa shape index (κ1) is 15.1. The van der Waals surface area contributed by atoms with Crippen molar-refractivity contribution in [2.75, 3.05) is 6.61 Å². The molecule has 4 nitrogen and oxygen atoms in total. The minimum absolute atomic E-state index is 0.0231. The second-order valence-electron chi connectivity index (χ2n) is 4.56. The summed E-state index contributed by atoms with van der Waals surface area (Å²) in [6, 6.07) is 4.05. The molecule has 1 heterocycles. The lowest BCUT2D eigenvalue weighted by Gasteiger charge is -2.12. The number of carbonyl (C=O) groups is 1. The van der Waals surface area contributed by atoms with Gasteiger partial charge in [0.1, 0.15) is 11.5 Å². The predicted molar refractivity (Wildman–Crippen MR) is 69.7 cm³/mol. The van der Waals surface area contributed by atoms with Gasteiger partial charge in [-0.05, 0) is 32.0 Å². The molecule has 2 rings (SSSR count). The fourth-order valence-electron chi connectivity index (χ4n) is 1.97. The number of ketones is 1. The van der Waals surface area contributed by atoms with Crippen molar-refractivity contribution < 1.29 is 27.8 Å². The quantitative estimate of drug-likeness (QED) is 0.883. The summed E-state index contributed by atoms with van der Waals surface area (Å²) < 4.78 is 41.1. The van der Waals surface area contributed by atoms with Crippen molar-refractivity contribution in [1.29, 1.82) is 0 Å². The van der Waals surface area contributed by atoms with E-state index in [0.29, 0.717) is 5.52 Å². The highest BCUT2D eigenvalue weighted by Crippen LogP contribution is 2.31. The lowest BCUT2D eigenvalue weighted by molar-refractivity contribution is -0.153. The Morgan fingerprint density at radius 3 is 2.62 bits per heavy atom.